The lowest BCUT2D eigenvalue weighted by Crippen LogP contribution is -2.37. The van der Waals surface area contributed by atoms with Crippen molar-refractivity contribution in [3.63, 3.8) is 0 Å². The quantitative estimate of drug-likeness (QED) is 0.903. The maximum absolute atomic E-state index is 13.1. The molecule has 0 unspecified atom stereocenters. The predicted molar refractivity (Wildman–Crippen MR) is 76.9 cm³/mol. The number of benzene rings is 1. The van der Waals surface area contributed by atoms with Crippen molar-refractivity contribution in [2.24, 2.45) is 17.6 Å². The van der Waals surface area contributed by atoms with E-state index >= 15 is 0 Å². The second-order valence-electron chi connectivity index (χ2n) is 5.78. The van der Waals surface area contributed by atoms with Gasteiger partial charge in [0.2, 0.25) is 5.91 Å². The summed E-state index contributed by atoms with van der Waals surface area (Å²) in [5, 5.41) is 0. The lowest BCUT2D eigenvalue weighted by atomic mass is 9.95. The molecule has 2 amide bonds. The Kier molecular flexibility index (Phi) is 3.73. The number of rotatable bonds is 2. The number of hydrogen-bond acceptors (Lipinski definition) is 4. The summed E-state index contributed by atoms with van der Waals surface area (Å²) in [6, 6.07) is 4.45. The van der Waals surface area contributed by atoms with E-state index < -0.39 is 36.4 Å². The molecular formula is C15H14F3N3O3. The van der Waals surface area contributed by atoms with E-state index in [-0.39, 0.29) is 12.1 Å². The first kappa shape index (κ1) is 16.3. The van der Waals surface area contributed by atoms with Crippen molar-refractivity contribution in [3.8, 4) is 0 Å². The first-order chi connectivity index (χ1) is 11.2. The fraction of sp³-hybridized carbons (Fsp3) is 0.400. The van der Waals surface area contributed by atoms with Gasteiger partial charge in [-0.05, 0) is 18.2 Å². The molecule has 0 bridgehead atoms. The largest absolute Gasteiger partial charge is 0.441 e. The minimum absolute atomic E-state index is 0.171. The molecule has 2 heterocycles. The number of primary amides is 1. The number of aryl methyl sites for hydroxylation is 1. The predicted octanol–water partition coefficient (Wildman–Crippen LogP) is 1.87. The maximum Gasteiger partial charge on any atom is 0.394 e. The Balaban J connectivity index is 1.87. The first-order valence-electron chi connectivity index (χ1n) is 7.19. The van der Waals surface area contributed by atoms with Crippen LogP contribution in [0.3, 0.4) is 0 Å². The molecule has 3 rings (SSSR count). The van der Waals surface area contributed by atoms with Gasteiger partial charge in [-0.2, -0.15) is 13.2 Å². The number of hydrogen-bond donors (Lipinski definition) is 1. The molecule has 1 aromatic heterocycles. The van der Waals surface area contributed by atoms with Crippen molar-refractivity contribution in [2.75, 3.05) is 13.1 Å². The van der Waals surface area contributed by atoms with Gasteiger partial charge in [-0.3, -0.25) is 9.59 Å². The van der Waals surface area contributed by atoms with Crippen LogP contribution in [0.15, 0.2) is 22.6 Å². The van der Waals surface area contributed by atoms with Crippen LogP contribution in [0.4, 0.5) is 13.2 Å². The summed E-state index contributed by atoms with van der Waals surface area (Å²) in [5.74, 6) is -4.64. The van der Waals surface area contributed by atoms with Crippen LogP contribution in [-0.4, -0.2) is 41.0 Å². The molecule has 0 saturated carbocycles. The topological polar surface area (TPSA) is 89.4 Å². The van der Waals surface area contributed by atoms with Crippen molar-refractivity contribution >= 4 is 22.9 Å². The fourth-order valence-electron chi connectivity index (χ4n) is 2.95. The number of carbonyl (C=O) groups is 2. The van der Waals surface area contributed by atoms with Gasteiger partial charge in [-0.15, -0.1) is 0 Å². The zero-order chi connectivity index (χ0) is 17.6. The van der Waals surface area contributed by atoms with Crippen LogP contribution in [0.5, 0.6) is 0 Å². The van der Waals surface area contributed by atoms with Crippen LogP contribution < -0.4 is 5.73 Å². The molecule has 128 valence electrons. The van der Waals surface area contributed by atoms with Gasteiger partial charge in [0.25, 0.3) is 5.91 Å². The second-order valence-corrected chi connectivity index (χ2v) is 5.78. The normalized spacial score (nSPS) is 21.4. The average molecular weight is 341 g/mol. The molecule has 1 saturated heterocycles. The Hall–Kier alpha value is -2.58. The first-order valence-corrected chi connectivity index (χ1v) is 7.19. The Bertz CT molecular complexity index is 815. The average Bonchev–Trinajstić information content (AvgIpc) is 3.07. The summed E-state index contributed by atoms with van der Waals surface area (Å²) in [7, 11) is 0. The molecule has 0 radical (unpaired) electrons. The molecule has 1 aliphatic heterocycles. The lowest BCUT2D eigenvalue weighted by molar-refractivity contribution is -0.182. The lowest BCUT2D eigenvalue weighted by Gasteiger charge is -2.18. The van der Waals surface area contributed by atoms with Crippen LogP contribution in [0.25, 0.3) is 11.1 Å². The Labute approximate surface area is 134 Å². The molecule has 0 spiro atoms. The summed E-state index contributed by atoms with van der Waals surface area (Å²) in [5.41, 5.74) is 6.16. The molecule has 1 fully saturated rings. The van der Waals surface area contributed by atoms with Gasteiger partial charge in [-0.1, -0.05) is 0 Å². The standard InChI is InChI=1S/C15H14F3N3O3/c1-7-20-11-3-2-8(4-12(11)24-7)14(23)21-5-9(13(19)22)10(6-21)15(16,17)18/h2-4,9-10H,5-6H2,1H3,(H2,19,22)/t9-,10-/m1/s1. The molecule has 2 atom stereocenters. The van der Waals surface area contributed by atoms with Gasteiger partial charge in [0, 0.05) is 25.6 Å². The minimum atomic E-state index is -4.60. The highest BCUT2D eigenvalue weighted by atomic mass is 19.4. The highest BCUT2D eigenvalue weighted by molar-refractivity contribution is 5.97. The second kappa shape index (κ2) is 5.50. The molecule has 0 aliphatic carbocycles. The number of aromatic nitrogens is 1. The van der Waals surface area contributed by atoms with Gasteiger partial charge in [-0.25, -0.2) is 4.98 Å². The molecule has 9 heteroatoms. The Morgan fingerprint density at radius 2 is 2.04 bits per heavy atom. The highest BCUT2D eigenvalue weighted by Gasteiger charge is 2.52. The molecule has 1 aliphatic rings. The number of halogens is 3. The van der Waals surface area contributed by atoms with Crippen molar-refractivity contribution in [3.05, 3.63) is 29.7 Å². The van der Waals surface area contributed by atoms with Crippen LogP contribution in [-0.2, 0) is 4.79 Å². The third-order valence-electron chi connectivity index (χ3n) is 4.14. The molecule has 2 aromatic rings. The Morgan fingerprint density at radius 3 is 2.62 bits per heavy atom. The van der Waals surface area contributed by atoms with E-state index in [9.17, 15) is 22.8 Å². The molecule has 24 heavy (non-hydrogen) atoms. The number of alkyl halides is 3. The van der Waals surface area contributed by atoms with E-state index in [4.69, 9.17) is 10.2 Å². The third kappa shape index (κ3) is 2.81. The monoisotopic (exact) mass is 341 g/mol. The fourth-order valence-corrected chi connectivity index (χ4v) is 2.95. The van der Waals surface area contributed by atoms with E-state index in [0.717, 1.165) is 4.90 Å². The van der Waals surface area contributed by atoms with Crippen molar-refractivity contribution < 1.29 is 27.2 Å². The summed E-state index contributed by atoms with van der Waals surface area (Å²) in [6.45, 7) is 0.697. The third-order valence-corrected chi connectivity index (χ3v) is 4.14. The molecule has 6 nitrogen and oxygen atoms in total. The number of oxazole rings is 1. The van der Waals surface area contributed by atoms with Crippen LogP contribution >= 0.6 is 0 Å². The van der Waals surface area contributed by atoms with Crippen molar-refractivity contribution in [1.29, 1.82) is 0 Å². The van der Waals surface area contributed by atoms with Gasteiger partial charge < -0.3 is 15.1 Å². The summed E-state index contributed by atoms with van der Waals surface area (Å²) in [6.07, 6.45) is -4.60. The molecular weight excluding hydrogens is 327 g/mol. The SMILES string of the molecule is Cc1nc2ccc(C(=O)N3C[C@@H](C(F)(F)F)[C@H](C(N)=O)C3)cc2o1. The zero-order valence-corrected chi connectivity index (χ0v) is 12.6. The summed E-state index contributed by atoms with van der Waals surface area (Å²) in [4.78, 5) is 28.9. The van der Waals surface area contributed by atoms with Crippen LogP contribution in [0, 0.1) is 18.8 Å². The smallest absolute Gasteiger partial charge is 0.394 e. The highest BCUT2D eigenvalue weighted by Crippen LogP contribution is 2.38. The van der Waals surface area contributed by atoms with E-state index in [1.807, 2.05) is 0 Å². The zero-order valence-electron chi connectivity index (χ0n) is 12.6. The van der Waals surface area contributed by atoms with Crippen molar-refractivity contribution in [2.45, 2.75) is 13.1 Å². The summed E-state index contributed by atoms with van der Waals surface area (Å²) >= 11 is 0. The number of nitrogens with two attached hydrogens (primary N) is 1. The van der Waals surface area contributed by atoms with E-state index in [1.54, 1.807) is 13.0 Å². The number of nitrogens with zero attached hydrogens (tertiary/aromatic N) is 2. The van der Waals surface area contributed by atoms with Crippen molar-refractivity contribution in [1.82, 2.24) is 9.88 Å². The van der Waals surface area contributed by atoms with Crippen LogP contribution in [0.2, 0.25) is 0 Å². The number of amides is 2. The minimum Gasteiger partial charge on any atom is -0.441 e. The van der Waals surface area contributed by atoms with Crippen LogP contribution in [0.1, 0.15) is 16.2 Å². The van der Waals surface area contributed by atoms with E-state index in [0.29, 0.717) is 17.0 Å². The molecule has 2 N–H and O–H groups in total. The summed E-state index contributed by atoms with van der Waals surface area (Å²) < 4.78 is 44.5. The van der Waals surface area contributed by atoms with E-state index in [1.165, 1.54) is 12.1 Å². The number of carbonyl (C=O) groups excluding carboxylic acids is 2. The van der Waals surface area contributed by atoms with Gasteiger partial charge >= 0.3 is 6.18 Å². The van der Waals surface area contributed by atoms with Gasteiger partial charge in [0.1, 0.15) is 5.52 Å². The van der Waals surface area contributed by atoms with Gasteiger partial charge in [0.15, 0.2) is 11.5 Å². The van der Waals surface area contributed by atoms with Gasteiger partial charge in [0.05, 0.1) is 11.8 Å². The number of fused-ring (bicyclic) bond motifs is 1. The maximum atomic E-state index is 13.1. The van der Waals surface area contributed by atoms with E-state index in [2.05, 4.69) is 4.98 Å². The molecule has 1 aromatic carbocycles. The Morgan fingerprint density at radius 1 is 1.33 bits per heavy atom. The number of likely N-dealkylation sites (tertiary alicyclic amines) is 1.